The summed E-state index contributed by atoms with van der Waals surface area (Å²) in [5, 5.41) is 9.99. The molecular formula is C35H29FN2O5. The van der Waals surface area contributed by atoms with Gasteiger partial charge in [0, 0.05) is 23.3 Å². The quantitative estimate of drug-likeness (QED) is 0.131. The van der Waals surface area contributed by atoms with Gasteiger partial charge in [0.15, 0.2) is 11.5 Å². The van der Waals surface area contributed by atoms with Gasteiger partial charge in [0.1, 0.15) is 35.6 Å². The van der Waals surface area contributed by atoms with Crippen LogP contribution in [0.4, 0.5) is 4.39 Å². The largest absolute Gasteiger partial charge is 0.490 e. The van der Waals surface area contributed by atoms with Gasteiger partial charge in [0.2, 0.25) is 5.88 Å². The minimum absolute atomic E-state index is 0.0181. The Morgan fingerprint density at radius 1 is 1.02 bits per heavy atom. The van der Waals surface area contributed by atoms with E-state index < -0.39 is 11.9 Å². The molecule has 0 spiro atoms. The van der Waals surface area contributed by atoms with Crippen LogP contribution < -0.4 is 24.7 Å². The Balaban J connectivity index is 1.40. The van der Waals surface area contributed by atoms with Gasteiger partial charge in [-0.3, -0.25) is 0 Å². The fourth-order valence-electron chi connectivity index (χ4n) is 4.70. The zero-order chi connectivity index (χ0) is 30.3. The van der Waals surface area contributed by atoms with Gasteiger partial charge in [0.05, 0.1) is 12.5 Å². The summed E-state index contributed by atoms with van der Waals surface area (Å²) in [5.41, 5.74) is 10.2. The summed E-state index contributed by atoms with van der Waals surface area (Å²) in [6, 6.07) is 26.5. The van der Waals surface area contributed by atoms with E-state index in [2.05, 4.69) is 6.07 Å². The van der Waals surface area contributed by atoms with E-state index in [0.717, 1.165) is 11.1 Å². The Hall–Kier alpha value is -5.55. The third kappa shape index (κ3) is 6.68. The van der Waals surface area contributed by atoms with Gasteiger partial charge >= 0.3 is 5.97 Å². The van der Waals surface area contributed by atoms with Crippen molar-refractivity contribution in [2.24, 2.45) is 5.73 Å². The lowest BCUT2D eigenvalue weighted by molar-refractivity contribution is -0.128. The number of carbonyl (C=O) groups excluding carboxylic acids is 1. The van der Waals surface area contributed by atoms with Crippen LogP contribution in [0.1, 0.15) is 40.7 Å². The lowest BCUT2D eigenvalue weighted by Crippen LogP contribution is -2.21. The van der Waals surface area contributed by atoms with E-state index in [1.54, 1.807) is 60.7 Å². The first-order chi connectivity index (χ1) is 20.9. The van der Waals surface area contributed by atoms with Crippen LogP contribution in [0.25, 0.3) is 6.08 Å². The summed E-state index contributed by atoms with van der Waals surface area (Å²) in [7, 11) is 0. The highest BCUT2D eigenvalue weighted by Crippen LogP contribution is 2.45. The van der Waals surface area contributed by atoms with Crippen molar-refractivity contribution in [1.82, 2.24) is 0 Å². The van der Waals surface area contributed by atoms with Gasteiger partial charge in [0.25, 0.3) is 0 Å². The molecule has 5 rings (SSSR count). The molecule has 1 atom stereocenters. The molecule has 0 aliphatic carbocycles. The highest BCUT2D eigenvalue weighted by molar-refractivity contribution is 5.88. The zero-order valence-electron chi connectivity index (χ0n) is 23.7. The number of halogens is 1. The van der Waals surface area contributed by atoms with Crippen LogP contribution in [-0.2, 0) is 11.4 Å². The van der Waals surface area contributed by atoms with Crippen LogP contribution in [-0.4, -0.2) is 12.6 Å². The predicted molar refractivity (Wildman–Crippen MR) is 160 cm³/mol. The smallest absolute Gasteiger partial charge is 0.336 e. The number of allylic oxidation sites excluding steroid dienone is 1. The van der Waals surface area contributed by atoms with Crippen LogP contribution >= 0.6 is 0 Å². The predicted octanol–water partition coefficient (Wildman–Crippen LogP) is 6.95. The van der Waals surface area contributed by atoms with Gasteiger partial charge < -0.3 is 24.7 Å². The second-order valence-corrected chi connectivity index (χ2v) is 9.81. The molecule has 7 nitrogen and oxygen atoms in total. The van der Waals surface area contributed by atoms with E-state index in [1.165, 1.54) is 12.1 Å². The summed E-state index contributed by atoms with van der Waals surface area (Å²) in [5.74, 6) is -0.0729. The average molecular weight is 577 g/mol. The van der Waals surface area contributed by atoms with Crippen molar-refractivity contribution < 1.29 is 28.1 Å². The molecule has 1 aliphatic rings. The first-order valence-corrected chi connectivity index (χ1v) is 13.7. The van der Waals surface area contributed by atoms with E-state index in [0.29, 0.717) is 40.5 Å². The summed E-state index contributed by atoms with van der Waals surface area (Å²) >= 11 is 0. The van der Waals surface area contributed by atoms with Crippen LogP contribution in [0.2, 0.25) is 0 Å². The van der Waals surface area contributed by atoms with Crippen LogP contribution in [0.15, 0.2) is 102 Å². The van der Waals surface area contributed by atoms with E-state index in [9.17, 15) is 14.4 Å². The molecule has 216 valence electrons. The Morgan fingerprint density at radius 2 is 1.81 bits per heavy atom. The van der Waals surface area contributed by atoms with Crippen LogP contribution in [0.5, 0.6) is 23.0 Å². The maximum Gasteiger partial charge on any atom is 0.336 e. The van der Waals surface area contributed by atoms with Crippen molar-refractivity contribution in [3.63, 3.8) is 0 Å². The van der Waals surface area contributed by atoms with E-state index in [-0.39, 0.29) is 29.6 Å². The van der Waals surface area contributed by atoms with Crippen molar-refractivity contribution in [2.75, 3.05) is 6.61 Å². The van der Waals surface area contributed by atoms with Gasteiger partial charge in [-0.2, -0.15) is 5.26 Å². The Kier molecular flexibility index (Phi) is 8.73. The molecular weight excluding hydrogens is 547 g/mol. The van der Waals surface area contributed by atoms with E-state index in [4.69, 9.17) is 24.7 Å². The first kappa shape index (κ1) is 29.0. The number of fused-ring (bicyclic) bond motifs is 1. The Morgan fingerprint density at radius 3 is 2.56 bits per heavy atom. The molecule has 0 saturated carbocycles. The fraction of sp³-hybridized carbons (Fsp3) is 0.143. The molecule has 0 fully saturated rings. The monoisotopic (exact) mass is 576 g/mol. The molecule has 8 heteroatoms. The molecule has 0 saturated heterocycles. The number of ether oxygens (including phenoxy) is 4. The van der Waals surface area contributed by atoms with Gasteiger partial charge in [-0.15, -0.1) is 0 Å². The number of aryl methyl sites for hydroxylation is 1. The number of nitrogens with zero attached hydrogens (tertiary/aromatic N) is 1. The van der Waals surface area contributed by atoms with Crippen molar-refractivity contribution in [3.8, 4) is 29.1 Å². The number of hydrogen-bond acceptors (Lipinski definition) is 7. The maximum atomic E-state index is 14.1. The first-order valence-electron chi connectivity index (χ1n) is 13.7. The molecule has 0 aromatic heterocycles. The lowest BCUT2D eigenvalue weighted by Gasteiger charge is -2.27. The number of nitriles is 1. The fourth-order valence-corrected chi connectivity index (χ4v) is 4.70. The van der Waals surface area contributed by atoms with Crippen molar-refractivity contribution in [2.45, 2.75) is 26.4 Å². The average Bonchev–Trinajstić information content (AvgIpc) is 3.00. The second kappa shape index (κ2) is 13.0. The van der Waals surface area contributed by atoms with Crippen molar-refractivity contribution in [3.05, 3.63) is 136 Å². The van der Waals surface area contributed by atoms with Gasteiger partial charge in [-0.25, -0.2) is 9.18 Å². The normalized spacial score (nSPS) is 14.0. The Labute approximate surface area is 249 Å². The number of esters is 1. The SMILES string of the molecule is CCOc1cc(C2C(C#N)=C(N)Oc3cc(OC(=O)/C=C/c4ccc(C)cc4)ccc32)ccc1OCc1ccccc1F. The molecule has 1 aliphatic heterocycles. The molecule has 4 aromatic rings. The molecule has 1 unspecified atom stereocenters. The van der Waals surface area contributed by atoms with E-state index >= 15 is 0 Å². The highest BCUT2D eigenvalue weighted by Gasteiger charge is 2.32. The van der Waals surface area contributed by atoms with Crippen LogP contribution in [0, 0.1) is 24.1 Å². The summed E-state index contributed by atoms with van der Waals surface area (Å²) < 4.78 is 37.2. The standard InChI is InChI=1S/C35H29FN2O5/c1-3-40-32-18-24(13-16-30(32)41-21-25-6-4-5-7-29(25)36)34-27-15-14-26(19-31(27)43-35(38)28(34)20-37)42-33(39)17-12-23-10-8-22(2)9-11-23/h4-19,34H,3,21,38H2,1-2H3/b17-12+. The maximum absolute atomic E-state index is 14.1. The number of nitrogens with two attached hydrogens (primary N) is 1. The summed E-state index contributed by atoms with van der Waals surface area (Å²) in [6.07, 6.45) is 3.02. The summed E-state index contributed by atoms with van der Waals surface area (Å²) in [6.45, 7) is 4.21. The molecule has 2 N–H and O–H groups in total. The molecule has 0 radical (unpaired) electrons. The van der Waals surface area contributed by atoms with Gasteiger partial charge in [-0.1, -0.05) is 60.2 Å². The number of hydrogen-bond donors (Lipinski definition) is 1. The van der Waals surface area contributed by atoms with Crippen molar-refractivity contribution >= 4 is 12.0 Å². The molecule has 43 heavy (non-hydrogen) atoms. The summed E-state index contributed by atoms with van der Waals surface area (Å²) in [4.78, 5) is 12.5. The second-order valence-electron chi connectivity index (χ2n) is 9.81. The molecule has 4 aromatic carbocycles. The Bertz CT molecular complexity index is 1760. The highest BCUT2D eigenvalue weighted by atomic mass is 19.1. The number of rotatable bonds is 9. The molecule has 1 heterocycles. The minimum atomic E-state index is -0.584. The molecule has 0 amide bonds. The topological polar surface area (TPSA) is 104 Å². The van der Waals surface area contributed by atoms with E-state index in [1.807, 2.05) is 38.1 Å². The lowest BCUT2D eigenvalue weighted by atomic mass is 9.83. The van der Waals surface area contributed by atoms with Gasteiger partial charge in [-0.05, 0) is 55.3 Å². The third-order valence-electron chi connectivity index (χ3n) is 6.84. The molecule has 0 bridgehead atoms. The number of carbonyl (C=O) groups is 1. The van der Waals surface area contributed by atoms with Crippen molar-refractivity contribution in [1.29, 1.82) is 5.26 Å². The zero-order valence-corrected chi connectivity index (χ0v) is 23.7. The minimum Gasteiger partial charge on any atom is -0.490 e. The third-order valence-corrected chi connectivity index (χ3v) is 6.84. The number of benzene rings is 4. The van der Waals surface area contributed by atoms with Crippen LogP contribution in [0.3, 0.4) is 0 Å².